The Morgan fingerprint density at radius 3 is 1.77 bits per heavy atom. The first-order valence-corrected chi connectivity index (χ1v) is 12.7. The molecule has 3 atom stereocenters. The summed E-state index contributed by atoms with van der Waals surface area (Å²) in [7, 11) is -7.47. The van der Waals surface area contributed by atoms with Gasteiger partial charge in [-0.05, 0) is 24.7 Å². The second-order valence-corrected chi connectivity index (χ2v) is 9.50. The Morgan fingerprint density at radius 1 is 0.871 bits per heavy atom. The van der Waals surface area contributed by atoms with Crippen molar-refractivity contribution < 1.29 is 41.6 Å². The molecule has 0 aliphatic heterocycles. The Kier molecular flexibility index (Phi) is 15.8. The molecule has 0 heterocycles. The van der Waals surface area contributed by atoms with Crippen molar-refractivity contribution in [1.82, 2.24) is 0 Å². The van der Waals surface area contributed by atoms with E-state index in [1.807, 2.05) is 20.8 Å². The summed E-state index contributed by atoms with van der Waals surface area (Å²) < 4.78 is 39.0. The van der Waals surface area contributed by atoms with Crippen molar-refractivity contribution in [2.75, 3.05) is 13.2 Å². The molecule has 0 aliphatic rings. The standard InChI is InChI=1S/C20H39BO9S/c1-5-9-11-16(7-3)14-28-19(22)13-18(31(26,27)30-21(24)25)20(23)29-15-17(8-4)12-10-6-2/h16-18,24-25H,5-15H2,1-4H3. The maximum absolute atomic E-state index is 12.5. The van der Waals surface area contributed by atoms with Gasteiger partial charge in [-0.15, -0.1) is 0 Å². The Bertz CT molecular complexity index is 610. The van der Waals surface area contributed by atoms with Crippen LogP contribution in [0.25, 0.3) is 0 Å². The van der Waals surface area contributed by atoms with Gasteiger partial charge >= 0.3 is 19.3 Å². The molecule has 0 radical (unpaired) electrons. The number of esters is 2. The number of carbonyl (C=O) groups is 2. The number of hydrogen-bond acceptors (Lipinski definition) is 9. The van der Waals surface area contributed by atoms with E-state index in [1.165, 1.54) is 0 Å². The van der Waals surface area contributed by atoms with Crippen LogP contribution in [0.3, 0.4) is 0 Å². The third-order valence-electron chi connectivity index (χ3n) is 5.21. The summed E-state index contributed by atoms with van der Waals surface area (Å²) in [6, 6.07) is 0. The Morgan fingerprint density at radius 2 is 1.35 bits per heavy atom. The van der Waals surface area contributed by atoms with Crippen molar-refractivity contribution in [2.45, 2.75) is 90.7 Å². The second-order valence-electron chi connectivity index (χ2n) is 7.75. The van der Waals surface area contributed by atoms with E-state index in [0.717, 1.165) is 51.4 Å². The minimum atomic E-state index is -4.82. The molecule has 0 bridgehead atoms. The number of ether oxygens (including phenoxy) is 2. The predicted octanol–water partition coefficient (Wildman–Crippen LogP) is 2.58. The minimum Gasteiger partial charge on any atom is -0.465 e. The molecule has 31 heavy (non-hydrogen) atoms. The van der Waals surface area contributed by atoms with Gasteiger partial charge in [-0.2, -0.15) is 8.42 Å². The van der Waals surface area contributed by atoms with E-state index < -0.39 is 41.0 Å². The third-order valence-corrected chi connectivity index (χ3v) is 6.71. The van der Waals surface area contributed by atoms with Gasteiger partial charge in [0.1, 0.15) is 0 Å². The zero-order chi connectivity index (χ0) is 23.9. The normalized spacial score (nSPS) is 14.5. The average Bonchev–Trinajstić information content (AvgIpc) is 2.71. The molecule has 0 aromatic rings. The average molecular weight is 466 g/mol. The van der Waals surface area contributed by atoms with E-state index in [0.29, 0.717) is 0 Å². The first-order valence-electron chi connectivity index (χ1n) is 11.2. The summed E-state index contributed by atoms with van der Waals surface area (Å²) in [4.78, 5) is 24.7. The topological polar surface area (TPSA) is 136 Å². The molecule has 11 heteroatoms. The molecule has 0 aliphatic carbocycles. The van der Waals surface area contributed by atoms with Crippen LogP contribution in [0.1, 0.15) is 85.5 Å². The van der Waals surface area contributed by atoms with Crippen LogP contribution >= 0.6 is 0 Å². The van der Waals surface area contributed by atoms with Crippen LogP contribution < -0.4 is 0 Å². The molecule has 9 nitrogen and oxygen atoms in total. The van der Waals surface area contributed by atoms with Crippen molar-refractivity contribution in [3.63, 3.8) is 0 Å². The Hall–Kier alpha value is -1.17. The molecule has 0 saturated heterocycles. The lowest BCUT2D eigenvalue weighted by atomic mass is 10.0. The van der Waals surface area contributed by atoms with Gasteiger partial charge in [0.15, 0.2) is 5.25 Å². The molecule has 0 fully saturated rings. The predicted molar refractivity (Wildman–Crippen MR) is 117 cm³/mol. The first kappa shape index (κ1) is 29.8. The molecule has 0 amide bonds. The minimum absolute atomic E-state index is 0.00695. The molecule has 3 unspecified atom stereocenters. The number of unbranched alkanes of at least 4 members (excludes halogenated alkanes) is 2. The molecule has 0 aromatic heterocycles. The highest BCUT2D eigenvalue weighted by Gasteiger charge is 2.40. The summed E-state index contributed by atoms with van der Waals surface area (Å²) in [5.74, 6) is -1.86. The maximum Gasteiger partial charge on any atom is 0.649 e. The van der Waals surface area contributed by atoms with Crippen LogP contribution in [0.4, 0.5) is 0 Å². The maximum atomic E-state index is 12.5. The number of rotatable bonds is 18. The summed E-state index contributed by atoms with van der Waals surface area (Å²) >= 11 is 0. The highest BCUT2D eigenvalue weighted by Crippen LogP contribution is 2.18. The van der Waals surface area contributed by atoms with Crippen LogP contribution in [0.15, 0.2) is 0 Å². The summed E-state index contributed by atoms with van der Waals surface area (Å²) in [6.45, 7) is 8.13. The summed E-state index contributed by atoms with van der Waals surface area (Å²) in [5.41, 5.74) is 0. The molecule has 0 aromatic carbocycles. The zero-order valence-electron chi connectivity index (χ0n) is 19.2. The fourth-order valence-electron chi connectivity index (χ4n) is 3.00. The molecule has 0 rings (SSSR count). The van der Waals surface area contributed by atoms with Crippen LogP contribution in [-0.2, 0) is 33.3 Å². The number of carbonyl (C=O) groups excluding carboxylic acids is 2. The smallest absolute Gasteiger partial charge is 0.465 e. The van der Waals surface area contributed by atoms with E-state index in [-0.39, 0.29) is 25.0 Å². The van der Waals surface area contributed by atoms with Gasteiger partial charge in [-0.25, -0.2) is 0 Å². The quantitative estimate of drug-likeness (QED) is 0.231. The fourth-order valence-corrected chi connectivity index (χ4v) is 4.02. The van der Waals surface area contributed by atoms with E-state index in [1.54, 1.807) is 0 Å². The second kappa shape index (κ2) is 16.5. The van der Waals surface area contributed by atoms with Crippen molar-refractivity contribution >= 4 is 29.4 Å². The molecular formula is C20H39BO9S. The van der Waals surface area contributed by atoms with Crippen LogP contribution in [0, 0.1) is 11.8 Å². The monoisotopic (exact) mass is 466 g/mol. The fraction of sp³-hybridized carbons (Fsp3) is 0.900. The lowest BCUT2D eigenvalue weighted by Crippen LogP contribution is -2.39. The van der Waals surface area contributed by atoms with E-state index in [9.17, 15) is 18.0 Å². The van der Waals surface area contributed by atoms with E-state index >= 15 is 0 Å². The van der Waals surface area contributed by atoms with Crippen LogP contribution in [-0.4, -0.2) is 56.2 Å². The highest BCUT2D eigenvalue weighted by atomic mass is 32.2. The lowest BCUT2D eigenvalue weighted by molar-refractivity contribution is -0.151. The van der Waals surface area contributed by atoms with Crippen molar-refractivity contribution in [1.29, 1.82) is 0 Å². The zero-order valence-corrected chi connectivity index (χ0v) is 20.1. The Balaban J connectivity index is 5.13. The highest BCUT2D eigenvalue weighted by molar-refractivity contribution is 7.88. The Labute approximate surface area is 187 Å². The summed E-state index contributed by atoms with van der Waals surface area (Å²) in [6.07, 6.45) is 6.33. The SMILES string of the molecule is CCCCC(CC)COC(=O)CC(C(=O)OCC(CC)CCCC)S(=O)(=O)OB(O)O. The van der Waals surface area contributed by atoms with Gasteiger partial charge in [-0.1, -0.05) is 66.2 Å². The van der Waals surface area contributed by atoms with Crippen molar-refractivity contribution in [2.24, 2.45) is 11.8 Å². The van der Waals surface area contributed by atoms with Gasteiger partial charge < -0.3 is 19.5 Å². The third kappa shape index (κ3) is 13.1. The van der Waals surface area contributed by atoms with Crippen LogP contribution in [0.2, 0.25) is 0 Å². The molecule has 0 saturated carbocycles. The molecule has 0 spiro atoms. The first-order chi connectivity index (χ1) is 14.6. The number of hydrogen-bond donors (Lipinski definition) is 2. The molecule has 2 N–H and O–H groups in total. The van der Waals surface area contributed by atoms with Crippen molar-refractivity contribution in [3.05, 3.63) is 0 Å². The van der Waals surface area contributed by atoms with Gasteiger partial charge in [0.25, 0.3) is 10.1 Å². The lowest BCUT2D eigenvalue weighted by Gasteiger charge is -2.20. The van der Waals surface area contributed by atoms with E-state index in [4.69, 9.17) is 19.5 Å². The van der Waals surface area contributed by atoms with Crippen LogP contribution in [0.5, 0.6) is 0 Å². The summed E-state index contributed by atoms with van der Waals surface area (Å²) in [5, 5.41) is 15.7. The van der Waals surface area contributed by atoms with Crippen molar-refractivity contribution in [3.8, 4) is 0 Å². The van der Waals surface area contributed by atoms with Gasteiger partial charge in [0.05, 0.1) is 19.6 Å². The van der Waals surface area contributed by atoms with E-state index in [2.05, 4.69) is 11.0 Å². The molecular weight excluding hydrogens is 427 g/mol. The van der Waals surface area contributed by atoms with Gasteiger partial charge in [0, 0.05) is 0 Å². The molecule has 182 valence electrons. The largest absolute Gasteiger partial charge is 0.649 e. The van der Waals surface area contributed by atoms with Gasteiger partial charge in [0.2, 0.25) is 0 Å². The van der Waals surface area contributed by atoms with Gasteiger partial charge in [-0.3, -0.25) is 13.7 Å².